The molecule has 2 aromatic rings. The Morgan fingerprint density at radius 2 is 1.83 bits per heavy atom. The van der Waals surface area contributed by atoms with Gasteiger partial charge in [0.25, 0.3) is 0 Å². The molecule has 1 unspecified atom stereocenters. The second-order valence-corrected chi connectivity index (χ2v) is 7.37. The number of aliphatic hydroxyl groups is 1. The Hall–Kier alpha value is -3.04. The number of carbonyl (C=O) groups is 2. The summed E-state index contributed by atoms with van der Waals surface area (Å²) in [5.74, 6) is -1.83. The van der Waals surface area contributed by atoms with Crippen molar-refractivity contribution in [2.45, 2.75) is 19.3 Å². The van der Waals surface area contributed by atoms with Crippen molar-refractivity contribution in [3.05, 3.63) is 51.6 Å². The predicted molar refractivity (Wildman–Crippen MR) is 110 cm³/mol. The number of nitrogens with zero attached hydrogens (tertiary/aromatic N) is 1. The number of phenolic OH excluding ortho intramolecular Hbond substituents is 2. The van der Waals surface area contributed by atoms with Gasteiger partial charge in [0.1, 0.15) is 17.2 Å². The summed E-state index contributed by atoms with van der Waals surface area (Å²) in [6.45, 7) is -0.358. The molecule has 2 aliphatic rings. The number of aliphatic hydroxyl groups excluding tert-OH is 1. The van der Waals surface area contributed by atoms with Crippen LogP contribution in [0.25, 0.3) is 0 Å². The van der Waals surface area contributed by atoms with E-state index < -0.39 is 11.6 Å². The van der Waals surface area contributed by atoms with Crippen molar-refractivity contribution in [2.24, 2.45) is 11.1 Å². The molecule has 2 aromatic carbocycles. The third-order valence-corrected chi connectivity index (χ3v) is 5.90. The number of ether oxygens (including phenoxy) is 1. The van der Waals surface area contributed by atoms with E-state index in [2.05, 4.69) is 22.3 Å². The van der Waals surface area contributed by atoms with Gasteiger partial charge in [-0.3, -0.25) is 9.59 Å². The van der Waals surface area contributed by atoms with Crippen LogP contribution < -0.4 is 4.74 Å². The molecule has 1 atom stereocenters. The number of carbonyl (C=O) groups excluding carboxylic acids is 2. The second kappa shape index (κ2) is 7.66. The summed E-state index contributed by atoms with van der Waals surface area (Å²) in [5, 5.41) is 35.2. The standard InChI is InChI=1S/C21H19NO7S/c1-28-14-4-2-3-11-15(14)21(27)17-16(19(11)25)20(26)12-7-9(13(8-23)22-29-30)5-6-10(12)18(17)24/h2-4,9,23-24,26,30H,5-8H2,1H3/b22-13+. The summed E-state index contributed by atoms with van der Waals surface area (Å²) in [5.41, 5.74) is 0.856. The average molecular weight is 429 g/mol. The zero-order chi connectivity index (χ0) is 21.6. The van der Waals surface area contributed by atoms with E-state index in [4.69, 9.17) is 4.74 Å². The van der Waals surface area contributed by atoms with Crippen LogP contribution in [0.5, 0.6) is 17.2 Å². The molecular formula is C21H19NO7S. The third kappa shape index (κ3) is 2.85. The topological polar surface area (TPSA) is 126 Å². The van der Waals surface area contributed by atoms with Gasteiger partial charge in [0.2, 0.25) is 5.78 Å². The Balaban J connectivity index is 1.90. The molecule has 156 valence electrons. The molecule has 2 aliphatic carbocycles. The normalized spacial score (nSPS) is 17.8. The zero-order valence-corrected chi connectivity index (χ0v) is 16.9. The van der Waals surface area contributed by atoms with Gasteiger partial charge in [-0.2, -0.15) is 0 Å². The van der Waals surface area contributed by atoms with E-state index in [1.54, 1.807) is 12.1 Å². The molecule has 8 nitrogen and oxygen atoms in total. The number of hydrogen-bond donors (Lipinski definition) is 4. The first kappa shape index (κ1) is 20.2. The van der Waals surface area contributed by atoms with Crippen molar-refractivity contribution in [1.29, 1.82) is 0 Å². The van der Waals surface area contributed by atoms with Gasteiger partial charge in [0, 0.05) is 22.6 Å². The minimum atomic E-state index is -0.573. The molecule has 0 spiro atoms. The van der Waals surface area contributed by atoms with Gasteiger partial charge in [0.05, 0.1) is 49.0 Å². The molecule has 0 fully saturated rings. The van der Waals surface area contributed by atoms with Crippen LogP contribution in [-0.4, -0.2) is 46.3 Å². The van der Waals surface area contributed by atoms with Gasteiger partial charge in [-0.15, -0.1) is 0 Å². The number of rotatable bonds is 4. The first-order chi connectivity index (χ1) is 14.4. The number of fused-ring (bicyclic) bond motifs is 3. The van der Waals surface area contributed by atoms with Crippen molar-refractivity contribution >= 4 is 30.2 Å². The molecule has 3 N–H and O–H groups in total. The maximum atomic E-state index is 13.2. The SMILES string of the molecule is COc1cccc2c1C(=O)c1c(O)c3c(c(O)c1C2=O)CC(/C(CO)=N/OS)CC3. The highest BCUT2D eigenvalue weighted by Crippen LogP contribution is 2.47. The Bertz CT molecular complexity index is 1110. The lowest BCUT2D eigenvalue weighted by molar-refractivity contribution is 0.0971. The summed E-state index contributed by atoms with van der Waals surface area (Å²) in [7, 11) is 1.39. The van der Waals surface area contributed by atoms with Crippen LogP contribution in [0.15, 0.2) is 23.4 Å². The van der Waals surface area contributed by atoms with E-state index in [0.717, 1.165) is 0 Å². The summed E-state index contributed by atoms with van der Waals surface area (Å²) in [6, 6.07) is 4.63. The molecule has 0 amide bonds. The minimum absolute atomic E-state index is 0.0708. The fourth-order valence-electron chi connectivity index (χ4n) is 4.38. The largest absolute Gasteiger partial charge is 0.507 e. The molecule has 0 saturated carbocycles. The van der Waals surface area contributed by atoms with Gasteiger partial charge in [-0.25, -0.2) is 0 Å². The first-order valence-electron chi connectivity index (χ1n) is 9.28. The summed E-state index contributed by atoms with van der Waals surface area (Å²) >= 11 is 3.57. The van der Waals surface area contributed by atoms with E-state index in [1.165, 1.54) is 13.2 Å². The molecule has 0 radical (unpaired) electrons. The lowest BCUT2D eigenvalue weighted by Gasteiger charge is -2.30. The van der Waals surface area contributed by atoms with E-state index in [9.17, 15) is 24.9 Å². The number of thiol groups is 1. The average Bonchev–Trinajstić information content (AvgIpc) is 2.77. The maximum absolute atomic E-state index is 13.2. The number of hydrogen-bond acceptors (Lipinski definition) is 9. The molecular weight excluding hydrogens is 410 g/mol. The quantitative estimate of drug-likeness (QED) is 0.165. The molecule has 0 heterocycles. The van der Waals surface area contributed by atoms with Crippen LogP contribution in [0.4, 0.5) is 0 Å². The fraction of sp³-hybridized carbons (Fsp3) is 0.286. The van der Waals surface area contributed by atoms with Crippen LogP contribution in [0.1, 0.15) is 49.4 Å². The molecule has 0 aliphatic heterocycles. The highest BCUT2D eigenvalue weighted by atomic mass is 32.1. The highest BCUT2D eigenvalue weighted by molar-refractivity contribution is 7.75. The van der Waals surface area contributed by atoms with Crippen LogP contribution >= 0.6 is 12.9 Å². The predicted octanol–water partition coefficient (Wildman–Crippen LogP) is 2.20. The Kier molecular flexibility index (Phi) is 5.17. The Morgan fingerprint density at radius 1 is 1.13 bits per heavy atom. The lowest BCUT2D eigenvalue weighted by atomic mass is 9.74. The van der Waals surface area contributed by atoms with E-state index in [1.807, 2.05) is 0 Å². The van der Waals surface area contributed by atoms with E-state index in [-0.39, 0.29) is 58.4 Å². The van der Waals surface area contributed by atoms with Crippen molar-refractivity contribution in [3.8, 4) is 17.2 Å². The summed E-state index contributed by atoms with van der Waals surface area (Å²) < 4.78 is 9.71. The first-order valence-corrected chi connectivity index (χ1v) is 9.65. The van der Waals surface area contributed by atoms with Crippen molar-refractivity contribution in [1.82, 2.24) is 0 Å². The number of benzene rings is 2. The minimum Gasteiger partial charge on any atom is -0.507 e. The molecule has 0 saturated heterocycles. The van der Waals surface area contributed by atoms with E-state index in [0.29, 0.717) is 29.7 Å². The summed E-state index contributed by atoms with van der Waals surface area (Å²) in [4.78, 5) is 26.4. The van der Waals surface area contributed by atoms with Gasteiger partial charge in [-0.1, -0.05) is 17.3 Å². The summed E-state index contributed by atoms with van der Waals surface area (Å²) in [6.07, 6.45) is 1.03. The van der Waals surface area contributed by atoms with Gasteiger partial charge in [0.15, 0.2) is 5.78 Å². The lowest BCUT2D eigenvalue weighted by Crippen LogP contribution is -2.28. The number of phenols is 2. The number of methoxy groups -OCH3 is 1. The molecule has 0 bridgehead atoms. The molecule has 0 aromatic heterocycles. The van der Waals surface area contributed by atoms with E-state index >= 15 is 0 Å². The maximum Gasteiger partial charge on any atom is 0.202 e. The molecule has 9 heteroatoms. The second-order valence-electron chi connectivity index (χ2n) is 7.21. The third-order valence-electron chi connectivity index (χ3n) is 5.82. The monoisotopic (exact) mass is 429 g/mol. The number of oxime groups is 1. The van der Waals surface area contributed by atoms with Crippen LogP contribution in [0.2, 0.25) is 0 Å². The molecule has 30 heavy (non-hydrogen) atoms. The van der Waals surface area contributed by atoms with Crippen LogP contribution in [0, 0.1) is 5.92 Å². The van der Waals surface area contributed by atoms with Crippen molar-refractivity contribution in [3.63, 3.8) is 0 Å². The zero-order valence-electron chi connectivity index (χ0n) is 16.0. The van der Waals surface area contributed by atoms with Crippen LogP contribution in [0.3, 0.4) is 0 Å². The van der Waals surface area contributed by atoms with Crippen molar-refractivity contribution in [2.75, 3.05) is 13.7 Å². The molecule has 4 rings (SSSR count). The smallest absolute Gasteiger partial charge is 0.202 e. The Labute approximate surface area is 177 Å². The van der Waals surface area contributed by atoms with Crippen molar-refractivity contribution < 1.29 is 33.9 Å². The fourth-order valence-corrected chi connectivity index (χ4v) is 4.48. The van der Waals surface area contributed by atoms with Crippen LogP contribution in [-0.2, 0) is 17.1 Å². The Morgan fingerprint density at radius 3 is 2.50 bits per heavy atom. The number of ketones is 2. The van der Waals surface area contributed by atoms with Gasteiger partial charge >= 0.3 is 0 Å². The highest BCUT2D eigenvalue weighted by Gasteiger charge is 2.40. The van der Waals surface area contributed by atoms with Gasteiger partial charge < -0.3 is 24.3 Å². The van der Waals surface area contributed by atoms with Gasteiger partial charge in [-0.05, 0) is 25.3 Å². The number of aromatic hydroxyl groups is 2.